The molecule has 1 aromatic carbocycles. The molecule has 0 aliphatic carbocycles. The second kappa shape index (κ2) is 5.51. The zero-order valence-electron chi connectivity index (χ0n) is 11.1. The number of carbonyl (C=O) groups excluding carboxylic acids is 1. The fourth-order valence-electron chi connectivity index (χ4n) is 1.79. The molecule has 0 amide bonds. The van der Waals surface area contributed by atoms with E-state index in [9.17, 15) is 4.79 Å². The number of rotatable bonds is 4. The Bertz CT molecular complexity index is 593. The van der Waals surface area contributed by atoms with Crippen LogP contribution >= 0.6 is 0 Å². The Morgan fingerprint density at radius 3 is 2.79 bits per heavy atom. The summed E-state index contributed by atoms with van der Waals surface area (Å²) in [4.78, 5) is 11.8. The highest BCUT2D eigenvalue weighted by atomic mass is 16.5. The summed E-state index contributed by atoms with van der Waals surface area (Å²) in [5.41, 5.74) is 2.44. The lowest BCUT2D eigenvalue weighted by Gasteiger charge is -2.06. The van der Waals surface area contributed by atoms with E-state index in [1.54, 1.807) is 14.0 Å². The number of carbonyl (C=O) groups is 1. The van der Waals surface area contributed by atoms with Crippen molar-refractivity contribution < 1.29 is 14.3 Å². The molecule has 0 atom stereocenters. The molecule has 6 heteroatoms. The van der Waals surface area contributed by atoms with Crippen molar-refractivity contribution in [3.05, 3.63) is 29.5 Å². The Balaban J connectivity index is 2.42. The van der Waals surface area contributed by atoms with Gasteiger partial charge >= 0.3 is 5.97 Å². The number of aromatic nitrogens is 3. The van der Waals surface area contributed by atoms with Gasteiger partial charge in [-0.05, 0) is 37.6 Å². The standard InChI is InChI=1S/C13H15N3O3/c1-4-19-13(17)12-11(14-16-15-12)10-6-5-9(18-3)7-8(10)2/h5-7H,4H2,1-3H3,(H,14,15,16). The zero-order chi connectivity index (χ0) is 13.8. The first-order chi connectivity index (χ1) is 9.17. The van der Waals surface area contributed by atoms with Crippen molar-refractivity contribution in [3.8, 4) is 17.0 Å². The lowest BCUT2D eigenvalue weighted by atomic mass is 10.0. The minimum atomic E-state index is -0.485. The number of aromatic amines is 1. The summed E-state index contributed by atoms with van der Waals surface area (Å²) in [5, 5.41) is 10.3. The highest BCUT2D eigenvalue weighted by Gasteiger charge is 2.20. The Kier molecular flexibility index (Phi) is 3.79. The number of ether oxygens (including phenoxy) is 2. The molecule has 0 aliphatic rings. The van der Waals surface area contributed by atoms with Crippen LogP contribution < -0.4 is 4.74 Å². The van der Waals surface area contributed by atoms with Gasteiger partial charge in [0.15, 0.2) is 5.69 Å². The van der Waals surface area contributed by atoms with Gasteiger partial charge in [-0.2, -0.15) is 10.3 Å². The average Bonchev–Trinajstić information content (AvgIpc) is 2.88. The van der Waals surface area contributed by atoms with Crippen LogP contribution in [-0.4, -0.2) is 35.1 Å². The Labute approximate surface area is 110 Å². The van der Waals surface area contributed by atoms with E-state index in [1.807, 2.05) is 25.1 Å². The summed E-state index contributed by atoms with van der Waals surface area (Å²) in [6.07, 6.45) is 0. The van der Waals surface area contributed by atoms with Crippen LogP contribution in [0.4, 0.5) is 0 Å². The van der Waals surface area contributed by atoms with Crippen LogP contribution in [-0.2, 0) is 4.74 Å². The highest BCUT2D eigenvalue weighted by molar-refractivity contribution is 5.94. The molecule has 19 heavy (non-hydrogen) atoms. The Morgan fingerprint density at radius 2 is 2.16 bits per heavy atom. The predicted molar refractivity (Wildman–Crippen MR) is 69.1 cm³/mol. The van der Waals surface area contributed by atoms with Crippen molar-refractivity contribution in [2.75, 3.05) is 13.7 Å². The molecule has 0 spiro atoms. The van der Waals surface area contributed by atoms with Gasteiger partial charge in [-0.15, -0.1) is 5.10 Å². The fraction of sp³-hybridized carbons (Fsp3) is 0.308. The van der Waals surface area contributed by atoms with E-state index in [0.29, 0.717) is 12.3 Å². The predicted octanol–water partition coefficient (Wildman–Crippen LogP) is 1.97. The van der Waals surface area contributed by atoms with Crippen LogP contribution in [0.5, 0.6) is 5.75 Å². The minimum absolute atomic E-state index is 0.190. The number of methoxy groups -OCH3 is 1. The molecule has 0 saturated heterocycles. The zero-order valence-corrected chi connectivity index (χ0v) is 11.1. The lowest BCUT2D eigenvalue weighted by Crippen LogP contribution is -2.07. The molecule has 0 bridgehead atoms. The number of benzene rings is 1. The van der Waals surface area contributed by atoms with Crippen molar-refractivity contribution in [1.29, 1.82) is 0 Å². The lowest BCUT2D eigenvalue weighted by molar-refractivity contribution is 0.0520. The molecular weight excluding hydrogens is 246 g/mol. The third-order valence-electron chi connectivity index (χ3n) is 2.71. The fourth-order valence-corrected chi connectivity index (χ4v) is 1.79. The molecule has 0 unspecified atom stereocenters. The Hall–Kier alpha value is -2.37. The first-order valence-electron chi connectivity index (χ1n) is 5.90. The van der Waals surface area contributed by atoms with Crippen molar-refractivity contribution in [1.82, 2.24) is 15.4 Å². The molecule has 1 aromatic heterocycles. The van der Waals surface area contributed by atoms with Gasteiger partial charge < -0.3 is 9.47 Å². The monoisotopic (exact) mass is 261 g/mol. The van der Waals surface area contributed by atoms with Gasteiger partial charge in [0, 0.05) is 5.56 Å². The van der Waals surface area contributed by atoms with Crippen LogP contribution in [0.15, 0.2) is 18.2 Å². The second-order valence-corrected chi connectivity index (χ2v) is 3.92. The van der Waals surface area contributed by atoms with Gasteiger partial charge in [-0.1, -0.05) is 0 Å². The number of nitrogens with one attached hydrogen (secondary N) is 1. The molecule has 100 valence electrons. The number of nitrogens with zero attached hydrogens (tertiary/aromatic N) is 2. The molecule has 1 heterocycles. The molecule has 2 aromatic rings. The van der Waals surface area contributed by atoms with Crippen LogP contribution in [0.1, 0.15) is 23.0 Å². The molecule has 6 nitrogen and oxygen atoms in total. The van der Waals surface area contributed by atoms with Crippen molar-refractivity contribution in [3.63, 3.8) is 0 Å². The van der Waals surface area contributed by atoms with Crippen LogP contribution in [0.2, 0.25) is 0 Å². The second-order valence-electron chi connectivity index (χ2n) is 3.92. The average molecular weight is 261 g/mol. The summed E-state index contributed by atoms with van der Waals surface area (Å²) in [6.45, 7) is 3.96. The van der Waals surface area contributed by atoms with Gasteiger partial charge in [0.1, 0.15) is 11.4 Å². The van der Waals surface area contributed by atoms with Gasteiger partial charge in [0.05, 0.1) is 13.7 Å². The summed E-state index contributed by atoms with van der Waals surface area (Å²) in [5.74, 6) is 0.267. The molecule has 0 aliphatic heterocycles. The van der Waals surface area contributed by atoms with Crippen molar-refractivity contribution >= 4 is 5.97 Å². The summed E-state index contributed by atoms with van der Waals surface area (Å²) in [7, 11) is 1.61. The molecule has 2 rings (SSSR count). The maximum atomic E-state index is 11.8. The maximum Gasteiger partial charge on any atom is 0.361 e. The smallest absolute Gasteiger partial charge is 0.361 e. The quantitative estimate of drug-likeness (QED) is 0.851. The summed E-state index contributed by atoms with van der Waals surface area (Å²) < 4.78 is 10.1. The van der Waals surface area contributed by atoms with E-state index in [0.717, 1.165) is 16.9 Å². The van der Waals surface area contributed by atoms with Crippen molar-refractivity contribution in [2.24, 2.45) is 0 Å². The van der Waals surface area contributed by atoms with Gasteiger partial charge in [0.2, 0.25) is 0 Å². The largest absolute Gasteiger partial charge is 0.497 e. The summed E-state index contributed by atoms with van der Waals surface area (Å²) >= 11 is 0. The van der Waals surface area contributed by atoms with E-state index in [1.165, 1.54) is 0 Å². The molecule has 0 radical (unpaired) electrons. The van der Waals surface area contributed by atoms with E-state index in [-0.39, 0.29) is 5.69 Å². The number of esters is 1. The SMILES string of the molecule is CCOC(=O)c1n[nH]nc1-c1ccc(OC)cc1C. The molecule has 0 fully saturated rings. The van der Waals surface area contributed by atoms with E-state index >= 15 is 0 Å². The van der Waals surface area contributed by atoms with E-state index in [2.05, 4.69) is 15.4 Å². The summed E-state index contributed by atoms with van der Waals surface area (Å²) in [6, 6.07) is 5.53. The maximum absolute atomic E-state index is 11.8. The first-order valence-corrected chi connectivity index (χ1v) is 5.90. The van der Waals surface area contributed by atoms with Crippen LogP contribution in [0.25, 0.3) is 11.3 Å². The van der Waals surface area contributed by atoms with Gasteiger partial charge in [-0.3, -0.25) is 0 Å². The number of hydrogen-bond acceptors (Lipinski definition) is 5. The van der Waals surface area contributed by atoms with Crippen molar-refractivity contribution in [2.45, 2.75) is 13.8 Å². The molecular formula is C13H15N3O3. The van der Waals surface area contributed by atoms with Gasteiger partial charge in [0.25, 0.3) is 0 Å². The first kappa shape index (κ1) is 13.1. The van der Waals surface area contributed by atoms with Crippen LogP contribution in [0.3, 0.4) is 0 Å². The normalized spacial score (nSPS) is 10.3. The Morgan fingerprint density at radius 1 is 1.37 bits per heavy atom. The molecule has 1 N–H and O–H groups in total. The van der Waals surface area contributed by atoms with E-state index in [4.69, 9.17) is 9.47 Å². The third-order valence-corrected chi connectivity index (χ3v) is 2.71. The van der Waals surface area contributed by atoms with E-state index < -0.39 is 5.97 Å². The minimum Gasteiger partial charge on any atom is -0.497 e. The number of H-pyrrole nitrogens is 1. The van der Waals surface area contributed by atoms with Gasteiger partial charge in [-0.25, -0.2) is 4.79 Å². The number of hydrogen-bond donors (Lipinski definition) is 1. The third kappa shape index (κ3) is 2.57. The molecule has 0 saturated carbocycles. The topological polar surface area (TPSA) is 77.1 Å². The number of aryl methyl sites for hydroxylation is 1. The highest BCUT2D eigenvalue weighted by Crippen LogP contribution is 2.27. The van der Waals surface area contributed by atoms with Crippen LogP contribution in [0, 0.1) is 6.92 Å².